The van der Waals surface area contributed by atoms with E-state index in [1.54, 1.807) is 17.0 Å². The van der Waals surface area contributed by atoms with Crippen LogP contribution in [0.15, 0.2) is 66.7 Å². The van der Waals surface area contributed by atoms with Crippen LogP contribution >= 0.6 is 0 Å². The van der Waals surface area contributed by atoms with Crippen molar-refractivity contribution in [1.82, 2.24) is 0 Å². The Bertz CT molecular complexity index is 1210. The molecule has 2 aliphatic rings. The van der Waals surface area contributed by atoms with Crippen molar-refractivity contribution in [3.63, 3.8) is 0 Å². The van der Waals surface area contributed by atoms with E-state index < -0.39 is 17.4 Å². The van der Waals surface area contributed by atoms with Gasteiger partial charge in [0.2, 0.25) is 0 Å². The number of aryl methyl sites for hydroxylation is 3. The van der Waals surface area contributed by atoms with Gasteiger partial charge in [-0.3, -0.25) is 9.59 Å². The van der Waals surface area contributed by atoms with E-state index in [4.69, 9.17) is 0 Å². The summed E-state index contributed by atoms with van der Waals surface area (Å²) in [6, 6.07) is 21.0. The van der Waals surface area contributed by atoms with Crippen LogP contribution in [-0.2, 0) is 23.4 Å². The van der Waals surface area contributed by atoms with Crippen molar-refractivity contribution in [2.24, 2.45) is 5.92 Å². The molecule has 31 heavy (non-hydrogen) atoms. The van der Waals surface area contributed by atoms with Crippen LogP contribution in [0.1, 0.15) is 44.6 Å². The number of ketones is 1. The van der Waals surface area contributed by atoms with E-state index in [1.807, 2.05) is 62.4 Å². The number of rotatable bonds is 3. The summed E-state index contributed by atoms with van der Waals surface area (Å²) in [6.07, 6.45) is 1.12. The van der Waals surface area contributed by atoms with E-state index >= 15 is 0 Å². The third-order valence-electron chi connectivity index (χ3n) is 6.82. The van der Waals surface area contributed by atoms with E-state index in [0.717, 1.165) is 22.3 Å². The summed E-state index contributed by atoms with van der Waals surface area (Å²) in [5.74, 6) is -1.35. The molecule has 1 N–H and O–H groups in total. The fourth-order valence-corrected chi connectivity index (χ4v) is 5.09. The van der Waals surface area contributed by atoms with Crippen LogP contribution < -0.4 is 4.90 Å². The molecular formula is C27H25NO3. The number of benzene rings is 3. The second-order valence-electron chi connectivity index (χ2n) is 8.72. The first-order valence-electron chi connectivity index (χ1n) is 10.7. The lowest BCUT2D eigenvalue weighted by Gasteiger charge is -2.34. The first kappa shape index (κ1) is 19.7. The largest absolute Gasteiger partial charge is 0.375 e. The molecule has 3 aromatic carbocycles. The number of carbonyl (C=O) groups is 2. The summed E-state index contributed by atoms with van der Waals surface area (Å²) < 4.78 is 0. The standard InChI is InChI=1S/C27H25NO3/c1-17-11-12-18(2)20(15-17)16-28-24-10-6-5-9-22(24)27(31,26(28)30)23-14-13-19-7-3-4-8-21(19)25(23)29/h3-12,15,23,31H,13-14,16H2,1-2H3. The Morgan fingerprint density at radius 2 is 1.74 bits per heavy atom. The molecule has 0 spiro atoms. The highest BCUT2D eigenvalue weighted by molar-refractivity contribution is 6.12. The molecule has 156 valence electrons. The number of fused-ring (bicyclic) bond motifs is 2. The summed E-state index contributed by atoms with van der Waals surface area (Å²) in [6.45, 7) is 4.41. The number of para-hydroxylation sites is 1. The van der Waals surface area contributed by atoms with Crippen molar-refractivity contribution in [2.75, 3.05) is 4.90 Å². The minimum absolute atomic E-state index is 0.152. The second-order valence-corrected chi connectivity index (χ2v) is 8.72. The number of Topliss-reactive ketones (excluding diaryl/α,β-unsaturated/α-hetero) is 1. The molecule has 0 saturated carbocycles. The Hall–Kier alpha value is -3.24. The van der Waals surface area contributed by atoms with Crippen molar-refractivity contribution in [1.29, 1.82) is 0 Å². The van der Waals surface area contributed by atoms with Crippen molar-refractivity contribution < 1.29 is 14.7 Å². The third-order valence-corrected chi connectivity index (χ3v) is 6.82. The maximum atomic E-state index is 13.8. The monoisotopic (exact) mass is 411 g/mol. The number of carbonyl (C=O) groups excluding carboxylic acids is 2. The topological polar surface area (TPSA) is 57.6 Å². The maximum Gasteiger partial charge on any atom is 0.264 e. The third kappa shape index (κ3) is 2.94. The normalized spacial score (nSPS) is 22.4. The minimum atomic E-state index is -1.85. The average molecular weight is 412 g/mol. The molecule has 1 aliphatic heterocycles. The van der Waals surface area contributed by atoms with Gasteiger partial charge in [0.15, 0.2) is 11.4 Å². The number of amides is 1. The van der Waals surface area contributed by atoms with Crippen molar-refractivity contribution in [3.8, 4) is 0 Å². The van der Waals surface area contributed by atoms with Gasteiger partial charge >= 0.3 is 0 Å². The molecule has 1 aliphatic carbocycles. The van der Waals surface area contributed by atoms with Crippen LogP contribution in [0, 0.1) is 19.8 Å². The maximum absolute atomic E-state index is 13.8. The van der Waals surface area contributed by atoms with Gasteiger partial charge in [-0.1, -0.05) is 66.2 Å². The highest BCUT2D eigenvalue weighted by Gasteiger charge is 2.57. The molecular weight excluding hydrogens is 386 g/mol. The van der Waals surface area contributed by atoms with E-state index in [1.165, 1.54) is 0 Å². The Morgan fingerprint density at radius 3 is 2.58 bits per heavy atom. The lowest BCUT2D eigenvalue weighted by molar-refractivity contribution is -0.140. The van der Waals surface area contributed by atoms with Crippen LogP contribution in [0.4, 0.5) is 5.69 Å². The number of hydrogen-bond acceptors (Lipinski definition) is 3. The molecule has 4 heteroatoms. The molecule has 0 radical (unpaired) electrons. The zero-order valence-corrected chi connectivity index (χ0v) is 17.8. The molecule has 0 fully saturated rings. The zero-order valence-electron chi connectivity index (χ0n) is 17.8. The molecule has 5 rings (SSSR count). The SMILES string of the molecule is Cc1ccc(C)c(CN2C(=O)C(O)(C3CCc4ccccc4C3=O)c3ccccc32)c1. The van der Waals surface area contributed by atoms with Crippen LogP contribution in [0.25, 0.3) is 0 Å². The molecule has 2 atom stereocenters. The Labute approximate surface area is 182 Å². The van der Waals surface area contributed by atoms with E-state index in [-0.39, 0.29) is 5.78 Å². The first-order valence-corrected chi connectivity index (χ1v) is 10.7. The Morgan fingerprint density at radius 1 is 1.00 bits per heavy atom. The van der Waals surface area contributed by atoms with Gasteiger partial charge in [0.05, 0.1) is 18.2 Å². The van der Waals surface area contributed by atoms with Crippen LogP contribution in [0.2, 0.25) is 0 Å². The van der Waals surface area contributed by atoms with Gasteiger partial charge in [-0.25, -0.2) is 0 Å². The van der Waals surface area contributed by atoms with E-state index in [0.29, 0.717) is 36.2 Å². The summed E-state index contributed by atoms with van der Waals surface area (Å²) in [5.41, 5.74) is 4.21. The fraction of sp³-hybridized carbons (Fsp3) is 0.259. The van der Waals surface area contributed by atoms with Crippen molar-refractivity contribution in [2.45, 2.75) is 38.8 Å². The Balaban J connectivity index is 1.58. The van der Waals surface area contributed by atoms with Gasteiger partial charge in [0.25, 0.3) is 5.91 Å². The fourth-order valence-electron chi connectivity index (χ4n) is 5.09. The van der Waals surface area contributed by atoms with Gasteiger partial charge in [0, 0.05) is 11.1 Å². The predicted octanol–water partition coefficient (Wildman–Crippen LogP) is 4.48. The summed E-state index contributed by atoms with van der Waals surface area (Å²) in [5, 5.41) is 11.9. The molecule has 1 amide bonds. The van der Waals surface area contributed by atoms with Gasteiger partial charge in [0.1, 0.15) is 0 Å². The van der Waals surface area contributed by atoms with Gasteiger partial charge in [-0.2, -0.15) is 0 Å². The molecule has 4 nitrogen and oxygen atoms in total. The van der Waals surface area contributed by atoms with Crippen LogP contribution in [-0.4, -0.2) is 16.8 Å². The average Bonchev–Trinajstić information content (AvgIpc) is 2.99. The number of anilines is 1. The van der Waals surface area contributed by atoms with E-state index in [2.05, 4.69) is 6.07 Å². The molecule has 1 heterocycles. The Kier molecular flexibility index (Phi) is 4.56. The van der Waals surface area contributed by atoms with Gasteiger partial charge in [-0.15, -0.1) is 0 Å². The van der Waals surface area contributed by atoms with E-state index in [9.17, 15) is 14.7 Å². The number of hydrogen-bond donors (Lipinski definition) is 1. The van der Waals surface area contributed by atoms with Gasteiger partial charge in [-0.05, 0) is 49.4 Å². The van der Waals surface area contributed by atoms with Crippen LogP contribution in [0.3, 0.4) is 0 Å². The zero-order chi connectivity index (χ0) is 21.8. The quantitative estimate of drug-likeness (QED) is 0.691. The van der Waals surface area contributed by atoms with Gasteiger partial charge < -0.3 is 10.0 Å². The predicted molar refractivity (Wildman–Crippen MR) is 120 cm³/mol. The minimum Gasteiger partial charge on any atom is -0.375 e. The summed E-state index contributed by atoms with van der Waals surface area (Å²) in [4.78, 5) is 28.8. The molecule has 2 unspecified atom stereocenters. The molecule has 0 aromatic heterocycles. The van der Waals surface area contributed by atoms with Crippen molar-refractivity contribution >= 4 is 17.4 Å². The summed E-state index contributed by atoms with van der Waals surface area (Å²) >= 11 is 0. The number of aliphatic hydroxyl groups is 1. The van der Waals surface area contributed by atoms with Crippen molar-refractivity contribution in [3.05, 3.63) is 100 Å². The lowest BCUT2D eigenvalue weighted by atomic mass is 9.71. The first-order chi connectivity index (χ1) is 14.9. The number of nitrogens with zero attached hydrogens (tertiary/aromatic N) is 1. The molecule has 0 bridgehead atoms. The highest BCUT2D eigenvalue weighted by atomic mass is 16.3. The molecule has 0 saturated heterocycles. The molecule has 3 aromatic rings. The summed E-state index contributed by atoms with van der Waals surface area (Å²) in [7, 11) is 0. The van der Waals surface area contributed by atoms with Crippen LogP contribution in [0.5, 0.6) is 0 Å². The highest BCUT2D eigenvalue weighted by Crippen LogP contribution is 2.48. The second kappa shape index (κ2) is 7.17. The lowest BCUT2D eigenvalue weighted by Crippen LogP contribution is -2.49. The smallest absolute Gasteiger partial charge is 0.264 e.